The fraction of sp³-hybridized carbons (Fsp3) is 0.538. The molecule has 0 spiro atoms. The van der Waals surface area contributed by atoms with Crippen LogP contribution in [0, 0.1) is 11.7 Å². The van der Waals surface area contributed by atoms with E-state index < -0.39 is 5.82 Å². The highest BCUT2D eigenvalue weighted by atomic mass is 19.1. The van der Waals surface area contributed by atoms with Crippen LogP contribution in [-0.2, 0) is 0 Å². The highest BCUT2D eigenvalue weighted by Gasteiger charge is 2.25. The molecule has 0 saturated carbocycles. The van der Waals surface area contributed by atoms with Gasteiger partial charge in [-0.3, -0.25) is 4.79 Å². The van der Waals surface area contributed by atoms with Crippen molar-refractivity contribution in [3.8, 4) is 0 Å². The van der Waals surface area contributed by atoms with E-state index in [4.69, 9.17) is 0 Å². The fourth-order valence-corrected chi connectivity index (χ4v) is 2.33. The first-order valence-electron chi connectivity index (χ1n) is 6.25. The number of hydrogen-bond donors (Lipinski definition) is 1. The van der Waals surface area contributed by atoms with E-state index in [1.54, 1.807) is 11.9 Å². The van der Waals surface area contributed by atoms with E-state index in [1.165, 1.54) is 12.3 Å². The van der Waals surface area contributed by atoms with Crippen LogP contribution in [0.2, 0.25) is 0 Å². The summed E-state index contributed by atoms with van der Waals surface area (Å²) in [6, 6.07) is 1.44. The first-order valence-corrected chi connectivity index (χ1v) is 6.25. The van der Waals surface area contributed by atoms with Gasteiger partial charge in [-0.05, 0) is 24.8 Å². The van der Waals surface area contributed by atoms with Crippen LogP contribution in [-0.4, -0.2) is 35.9 Å². The van der Waals surface area contributed by atoms with E-state index in [0.29, 0.717) is 19.0 Å². The van der Waals surface area contributed by atoms with Crippen molar-refractivity contribution in [2.45, 2.75) is 19.8 Å². The molecule has 2 rings (SSSR count). The van der Waals surface area contributed by atoms with Crippen LogP contribution in [0.1, 0.15) is 30.1 Å². The van der Waals surface area contributed by atoms with Crippen molar-refractivity contribution in [3.63, 3.8) is 0 Å². The van der Waals surface area contributed by atoms with Gasteiger partial charge in [-0.2, -0.15) is 0 Å². The summed E-state index contributed by atoms with van der Waals surface area (Å²) in [6.45, 7) is 3.52. The number of likely N-dealkylation sites (tertiary alicyclic amines) is 1. The quantitative estimate of drug-likeness (QED) is 0.875. The Morgan fingerprint density at radius 1 is 1.61 bits per heavy atom. The zero-order valence-corrected chi connectivity index (χ0v) is 10.7. The highest BCUT2D eigenvalue weighted by molar-refractivity contribution is 5.95. The average Bonchev–Trinajstić information content (AvgIpc) is 2.38. The van der Waals surface area contributed by atoms with Crippen molar-refractivity contribution in [1.82, 2.24) is 9.88 Å². The van der Waals surface area contributed by atoms with Crippen molar-refractivity contribution in [1.29, 1.82) is 0 Å². The molecule has 0 bridgehead atoms. The summed E-state index contributed by atoms with van der Waals surface area (Å²) in [6.07, 6.45) is 3.57. The van der Waals surface area contributed by atoms with Crippen LogP contribution in [0.3, 0.4) is 0 Å². The number of amides is 1. The summed E-state index contributed by atoms with van der Waals surface area (Å²) in [7, 11) is 1.59. The van der Waals surface area contributed by atoms with E-state index in [1.807, 2.05) is 0 Å². The van der Waals surface area contributed by atoms with Gasteiger partial charge in [0.25, 0.3) is 5.91 Å². The number of nitrogens with zero attached hydrogens (tertiary/aromatic N) is 2. The van der Waals surface area contributed by atoms with Crippen molar-refractivity contribution >= 4 is 11.7 Å². The van der Waals surface area contributed by atoms with Crippen LogP contribution >= 0.6 is 0 Å². The maximum atomic E-state index is 14.0. The normalized spacial score (nSPS) is 19.7. The maximum Gasteiger partial charge on any atom is 0.257 e. The summed E-state index contributed by atoms with van der Waals surface area (Å²) < 4.78 is 14.0. The lowest BCUT2D eigenvalue weighted by molar-refractivity contribution is 0.0678. The average molecular weight is 251 g/mol. The van der Waals surface area contributed by atoms with Crippen molar-refractivity contribution < 1.29 is 9.18 Å². The lowest BCUT2D eigenvalue weighted by atomic mass is 9.99. The van der Waals surface area contributed by atoms with Crippen LogP contribution in [0.4, 0.5) is 10.2 Å². The molecule has 18 heavy (non-hydrogen) atoms. The summed E-state index contributed by atoms with van der Waals surface area (Å²) in [4.78, 5) is 17.8. The summed E-state index contributed by atoms with van der Waals surface area (Å²) in [5, 5.41) is 2.65. The van der Waals surface area contributed by atoms with Gasteiger partial charge in [0, 0.05) is 26.3 Å². The molecular formula is C13H18FN3O. The van der Waals surface area contributed by atoms with Gasteiger partial charge in [-0.25, -0.2) is 9.37 Å². The second-order valence-corrected chi connectivity index (χ2v) is 4.77. The van der Waals surface area contributed by atoms with Gasteiger partial charge in [0.05, 0.1) is 5.56 Å². The molecule has 1 aromatic rings. The molecule has 1 aromatic heterocycles. The molecule has 1 saturated heterocycles. The highest BCUT2D eigenvalue weighted by Crippen LogP contribution is 2.21. The Morgan fingerprint density at radius 2 is 2.39 bits per heavy atom. The molecular weight excluding hydrogens is 233 g/mol. The largest absolute Gasteiger partial charge is 0.371 e. The summed E-state index contributed by atoms with van der Waals surface area (Å²) in [5.74, 6) is -0.205. The molecule has 0 aliphatic carbocycles. The van der Waals surface area contributed by atoms with Crippen molar-refractivity contribution in [3.05, 3.63) is 23.6 Å². The molecule has 1 fully saturated rings. The molecule has 0 radical (unpaired) electrons. The molecule has 1 N–H and O–H groups in total. The first-order chi connectivity index (χ1) is 8.63. The third-order valence-corrected chi connectivity index (χ3v) is 3.30. The third kappa shape index (κ3) is 2.44. The van der Waals surface area contributed by atoms with E-state index >= 15 is 0 Å². The molecule has 1 unspecified atom stereocenters. The zero-order valence-electron chi connectivity index (χ0n) is 10.7. The van der Waals surface area contributed by atoms with Gasteiger partial charge < -0.3 is 10.2 Å². The van der Waals surface area contributed by atoms with Gasteiger partial charge >= 0.3 is 0 Å². The van der Waals surface area contributed by atoms with Crippen LogP contribution in [0.5, 0.6) is 0 Å². The first kappa shape index (κ1) is 12.8. The van der Waals surface area contributed by atoms with Crippen molar-refractivity contribution in [2.24, 2.45) is 5.92 Å². The number of pyridine rings is 1. The summed E-state index contributed by atoms with van der Waals surface area (Å²) >= 11 is 0. The standard InChI is InChI=1S/C13H18FN3O/c1-9-4-3-7-17(8-9)13(18)10-5-6-16-12(15-2)11(10)14/h5-6,9H,3-4,7-8H2,1-2H3,(H,15,16). The van der Waals surface area contributed by atoms with Crippen molar-refractivity contribution in [2.75, 3.05) is 25.5 Å². The van der Waals surface area contributed by atoms with Crippen LogP contribution < -0.4 is 5.32 Å². The minimum Gasteiger partial charge on any atom is -0.371 e. The fourth-order valence-electron chi connectivity index (χ4n) is 2.33. The van der Waals surface area contributed by atoms with E-state index in [-0.39, 0.29) is 17.3 Å². The smallest absolute Gasteiger partial charge is 0.257 e. The number of nitrogens with one attached hydrogen (secondary N) is 1. The van der Waals surface area contributed by atoms with Gasteiger partial charge in [0.1, 0.15) is 0 Å². The number of halogens is 1. The van der Waals surface area contributed by atoms with E-state index in [2.05, 4.69) is 17.2 Å². The van der Waals surface area contributed by atoms with Gasteiger partial charge in [-0.15, -0.1) is 0 Å². The molecule has 98 valence electrons. The molecule has 1 amide bonds. The van der Waals surface area contributed by atoms with E-state index in [9.17, 15) is 9.18 Å². The second-order valence-electron chi connectivity index (χ2n) is 4.77. The lowest BCUT2D eigenvalue weighted by Crippen LogP contribution is -2.39. The predicted molar refractivity (Wildman–Crippen MR) is 68.0 cm³/mol. The molecule has 5 heteroatoms. The number of carbonyl (C=O) groups excluding carboxylic acids is 1. The Morgan fingerprint density at radius 3 is 3.06 bits per heavy atom. The lowest BCUT2D eigenvalue weighted by Gasteiger charge is -2.31. The Labute approximate surface area is 106 Å². The second kappa shape index (κ2) is 5.33. The maximum absolute atomic E-state index is 14.0. The Kier molecular flexibility index (Phi) is 3.79. The number of hydrogen-bond acceptors (Lipinski definition) is 3. The molecule has 2 heterocycles. The topological polar surface area (TPSA) is 45.2 Å². The minimum atomic E-state index is -0.566. The minimum absolute atomic E-state index is 0.100. The monoisotopic (exact) mass is 251 g/mol. The number of rotatable bonds is 2. The predicted octanol–water partition coefficient (Wildman–Crippen LogP) is 2.13. The van der Waals surface area contributed by atoms with Crippen LogP contribution in [0.15, 0.2) is 12.3 Å². The molecule has 1 aliphatic heterocycles. The van der Waals surface area contributed by atoms with Crippen LogP contribution in [0.25, 0.3) is 0 Å². The molecule has 0 aromatic carbocycles. The Hall–Kier alpha value is -1.65. The van der Waals surface area contributed by atoms with Gasteiger partial charge in [0.2, 0.25) is 0 Å². The summed E-state index contributed by atoms with van der Waals surface area (Å²) in [5.41, 5.74) is 0.100. The number of anilines is 1. The molecule has 4 nitrogen and oxygen atoms in total. The van der Waals surface area contributed by atoms with E-state index in [0.717, 1.165) is 12.8 Å². The Bertz CT molecular complexity index is 450. The number of carbonyl (C=O) groups is 1. The molecule has 1 atom stereocenters. The number of aromatic nitrogens is 1. The van der Waals surface area contributed by atoms with Gasteiger partial charge in [-0.1, -0.05) is 6.92 Å². The zero-order chi connectivity index (χ0) is 13.1. The van der Waals surface area contributed by atoms with Gasteiger partial charge in [0.15, 0.2) is 11.6 Å². The molecule has 1 aliphatic rings. The Balaban J connectivity index is 2.23. The third-order valence-electron chi connectivity index (χ3n) is 3.30. The SMILES string of the molecule is CNc1nccc(C(=O)N2CCCC(C)C2)c1F. The number of piperidine rings is 1.